The average Bonchev–Trinajstić information content (AvgIpc) is 3.24. The Labute approximate surface area is 126 Å². The summed E-state index contributed by atoms with van der Waals surface area (Å²) in [4.78, 5) is 27.1. The van der Waals surface area contributed by atoms with Crippen LogP contribution in [-0.4, -0.2) is 46.8 Å². The van der Waals surface area contributed by atoms with E-state index in [0.29, 0.717) is 12.5 Å². The number of nitrogens with zero attached hydrogens (tertiary/aromatic N) is 1. The van der Waals surface area contributed by atoms with Gasteiger partial charge in [0.25, 0.3) is 0 Å². The molecule has 0 bridgehead atoms. The minimum Gasteiger partial charge on any atom is -0.340 e. The molecule has 4 nitrogen and oxygen atoms in total. The number of hydrogen-bond acceptors (Lipinski definition) is 3. The summed E-state index contributed by atoms with van der Waals surface area (Å²) >= 11 is 1.79. The van der Waals surface area contributed by atoms with E-state index in [1.165, 1.54) is 0 Å². The molecule has 2 amide bonds. The van der Waals surface area contributed by atoms with Gasteiger partial charge in [0.15, 0.2) is 0 Å². The largest absolute Gasteiger partial charge is 0.340 e. The SMILES string of the molecule is CCCC1C(=O)NC(C)(C2CC2)C(=O)N1CCCSC. The highest BCUT2D eigenvalue weighted by molar-refractivity contribution is 7.98. The van der Waals surface area contributed by atoms with Gasteiger partial charge in [0.05, 0.1) is 0 Å². The second-order valence-electron chi connectivity index (χ2n) is 6.12. The van der Waals surface area contributed by atoms with Gasteiger partial charge in [0, 0.05) is 6.54 Å². The van der Waals surface area contributed by atoms with Crippen molar-refractivity contribution in [1.82, 2.24) is 10.2 Å². The van der Waals surface area contributed by atoms with Crippen LogP contribution < -0.4 is 5.32 Å². The quantitative estimate of drug-likeness (QED) is 0.732. The topological polar surface area (TPSA) is 49.4 Å². The summed E-state index contributed by atoms with van der Waals surface area (Å²) in [5, 5.41) is 3.02. The Bertz CT molecular complexity index is 384. The monoisotopic (exact) mass is 298 g/mol. The highest BCUT2D eigenvalue weighted by Gasteiger charge is 2.54. The summed E-state index contributed by atoms with van der Waals surface area (Å²) in [5.41, 5.74) is -0.652. The maximum absolute atomic E-state index is 12.9. The van der Waals surface area contributed by atoms with Crippen LogP contribution in [0.15, 0.2) is 0 Å². The number of hydrogen-bond donors (Lipinski definition) is 1. The summed E-state index contributed by atoms with van der Waals surface area (Å²) in [6.07, 6.45) is 6.82. The Hall–Kier alpha value is -0.710. The molecular weight excluding hydrogens is 272 g/mol. The average molecular weight is 298 g/mol. The zero-order valence-electron chi connectivity index (χ0n) is 12.8. The molecule has 2 unspecified atom stereocenters. The van der Waals surface area contributed by atoms with E-state index in [1.807, 2.05) is 11.8 Å². The standard InChI is InChI=1S/C15H26N2O2S/c1-4-6-12-13(18)16-15(2,11-7-8-11)14(19)17(12)9-5-10-20-3/h11-12H,4-10H2,1-3H3,(H,16,18). The van der Waals surface area contributed by atoms with Gasteiger partial charge in [-0.3, -0.25) is 9.59 Å². The molecule has 2 rings (SSSR count). The Morgan fingerprint density at radius 3 is 2.65 bits per heavy atom. The van der Waals surface area contributed by atoms with E-state index in [4.69, 9.17) is 0 Å². The molecule has 0 aromatic carbocycles. The highest BCUT2D eigenvalue weighted by Crippen LogP contribution is 2.42. The molecule has 0 aromatic rings. The molecule has 114 valence electrons. The van der Waals surface area contributed by atoms with Crippen molar-refractivity contribution in [2.75, 3.05) is 18.6 Å². The predicted octanol–water partition coefficient (Wildman–Crippen LogP) is 2.04. The van der Waals surface area contributed by atoms with Crippen molar-refractivity contribution in [3.05, 3.63) is 0 Å². The van der Waals surface area contributed by atoms with Crippen molar-refractivity contribution in [1.29, 1.82) is 0 Å². The van der Waals surface area contributed by atoms with Gasteiger partial charge >= 0.3 is 0 Å². The lowest BCUT2D eigenvalue weighted by Gasteiger charge is -2.45. The molecule has 2 atom stereocenters. The van der Waals surface area contributed by atoms with E-state index in [1.54, 1.807) is 11.8 Å². The third-order valence-electron chi connectivity index (χ3n) is 4.47. The minimum atomic E-state index is -0.652. The van der Waals surface area contributed by atoms with Crippen molar-refractivity contribution in [3.8, 4) is 0 Å². The summed E-state index contributed by atoms with van der Waals surface area (Å²) in [7, 11) is 0. The van der Waals surface area contributed by atoms with Gasteiger partial charge in [0.2, 0.25) is 11.8 Å². The van der Waals surface area contributed by atoms with E-state index in [-0.39, 0.29) is 17.9 Å². The van der Waals surface area contributed by atoms with Gasteiger partial charge in [-0.1, -0.05) is 13.3 Å². The number of piperazine rings is 1. The van der Waals surface area contributed by atoms with Crippen LogP contribution in [0.3, 0.4) is 0 Å². The van der Waals surface area contributed by atoms with Gasteiger partial charge in [0.1, 0.15) is 11.6 Å². The van der Waals surface area contributed by atoms with Crippen LogP contribution in [0.4, 0.5) is 0 Å². The van der Waals surface area contributed by atoms with Gasteiger partial charge < -0.3 is 10.2 Å². The van der Waals surface area contributed by atoms with Crippen molar-refractivity contribution >= 4 is 23.6 Å². The van der Waals surface area contributed by atoms with Crippen molar-refractivity contribution in [2.24, 2.45) is 5.92 Å². The zero-order valence-corrected chi connectivity index (χ0v) is 13.6. The first kappa shape index (κ1) is 15.7. The van der Waals surface area contributed by atoms with Crippen LogP contribution in [0.1, 0.15) is 46.0 Å². The highest BCUT2D eigenvalue weighted by atomic mass is 32.2. The van der Waals surface area contributed by atoms with Crippen molar-refractivity contribution in [3.63, 3.8) is 0 Å². The Morgan fingerprint density at radius 1 is 1.40 bits per heavy atom. The lowest BCUT2D eigenvalue weighted by Crippen LogP contribution is -2.70. The first-order chi connectivity index (χ1) is 9.54. The van der Waals surface area contributed by atoms with E-state index in [0.717, 1.165) is 37.9 Å². The molecule has 1 N–H and O–H groups in total. The number of carbonyl (C=O) groups is 2. The number of rotatable bonds is 7. The van der Waals surface area contributed by atoms with Gasteiger partial charge in [-0.15, -0.1) is 0 Å². The maximum Gasteiger partial charge on any atom is 0.249 e. The lowest BCUT2D eigenvalue weighted by atomic mass is 9.88. The summed E-state index contributed by atoms with van der Waals surface area (Å²) in [6.45, 7) is 4.68. The second-order valence-corrected chi connectivity index (χ2v) is 7.10. The first-order valence-corrected chi connectivity index (χ1v) is 9.06. The molecule has 1 saturated heterocycles. The molecule has 2 aliphatic rings. The third kappa shape index (κ3) is 2.97. The summed E-state index contributed by atoms with van der Waals surface area (Å²) in [5.74, 6) is 1.55. The summed E-state index contributed by atoms with van der Waals surface area (Å²) < 4.78 is 0. The van der Waals surface area contributed by atoms with Crippen LogP contribution in [0.25, 0.3) is 0 Å². The van der Waals surface area contributed by atoms with Crippen molar-refractivity contribution < 1.29 is 9.59 Å². The first-order valence-electron chi connectivity index (χ1n) is 7.66. The molecule has 0 radical (unpaired) electrons. The number of thioether (sulfide) groups is 1. The second kappa shape index (κ2) is 6.37. The van der Waals surface area contributed by atoms with Gasteiger partial charge in [-0.2, -0.15) is 11.8 Å². The molecule has 1 aliphatic heterocycles. The molecule has 20 heavy (non-hydrogen) atoms. The Morgan fingerprint density at radius 2 is 2.10 bits per heavy atom. The van der Waals surface area contributed by atoms with Crippen molar-refractivity contribution in [2.45, 2.75) is 57.5 Å². The summed E-state index contributed by atoms with van der Waals surface area (Å²) in [6, 6.07) is -0.263. The molecular formula is C15H26N2O2S. The minimum absolute atomic E-state index is 0.0463. The van der Waals surface area contributed by atoms with E-state index < -0.39 is 5.54 Å². The maximum atomic E-state index is 12.9. The molecule has 0 spiro atoms. The fourth-order valence-electron chi connectivity index (χ4n) is 3.11. The van der Waals surface area contributed by atoms with Crippen LogP contribution in [-0.2, 0) is 9.59 Å². The lowest BCUT2D eigenvalue weighted by molar-refractivity contribution is -0.155. The fraction of sp³-hybridized carbons (Fsp3) is 0.867. The predicted molar refractivity (Wildman–Crippen MR) is 82.7 cm³/mol. The smallest absolute Gasteiger partial charge is 0.249 e. The number of carbonyl (C=O) groups excluding carboxylic acids is 2. The Kier molecular flexibility index (Phi) is 4.99. The molecule has 1 saturated carbocycles. The van der Waals surface area contributed by atoms with Crippen LogP contribution in [0.2, 0.25) is 0 Å². The zero-order chi connectivity index (χ0) is 14.8. The normalized spacial score (nSPS) is 30.6. The van der Waals surface area contributed by atoms with E-state index >= 15 is 0 Å². The molecule has 1 aliphatic carbocycles. The van der Waals surface area contributed by atoms with Crippen LogP contribution in [0.5, 0.6) is 0 Å². The molecule has 2 fully saturated rings. The molecule has 5 heteroatoms. The molecule has 0 aromatic heterocycles. The molecule has 1 heterocycles. The van der Waals surface area contributed by atoms with E-state index in [9.17, 15) is 9.59 Å². The number of amides is 2. The fourth-order valence-corrected chi connectivity index (χ4v) is 3.53. The van der Waals surface area contributed by atoms with Gasteiger partial charge in [-0.25, -0.2) is 0 Å². The van der Waals surface area contributed by atoms with E-state index in [2.05, 4.69) is 18.5 Å². The third-order valence-corrected chi connectivity index (χ3v) is 5.17. The van der Waals surface area contributed by atoms with Gasteiger partial charge in [-0.05, 0) is 50.5 Å². The van der Waals surface area contributed by atoms with Crippen LogP contribution in [0, 0.1) is 5.92 Å². The Balaban J connectivity index is 2.14. The number of nitrogens with one attached hydrogen (secondary N) is 1. The van der Waals surface area contributed by atoms with Crippen LogP contribution >= 0.6 is 11.8 Å².